The number of nitrogens with two attached hydrogens (primary N) is 2. The quantitative estimate of drug-likeness (QED) is 0.411. The molecule has 9 nitrogen and oxygen atoms in total. The molecule has 0 saturated heterocycles. The van der Waals surface area contributed by atoms with Gasteiger partial charge in [-0.1, -0.05) is 41.9 Å². The molecule has 3 aromatic rings. The highest BCUT2D eigenvalue weighted by Gasteiger charge is 2.30. The topological polar surface area (TPSA) is 136 Å². The standard InChI is InChI=1S/C24H26ClFN6O3/c25-18-6-3-4-15(22(18)26)10-29-20(33)12-31(11-14-8-16(27)9-14)21(34)13-32-19-7-2-1-5-17(19)23(30-32)24(28)35/h1-7,14,16H,8-13,27H2,(H2,28,35)(H,29,33). The number of rotatable bonds is 9. The van der Waals surface area contributed by atoms with E-state index in [0.29, 0.717) is 17.4 Å². The lowest BCUT2D eigenvalue weighted by Gasteiger charge is -2.36. The number of amides is 3. The van der Waals surface area contributed by atoms with Gasteiger partial charge in [-0.3, -0.25) is 19.1 Å². The second-order valence-electron chi connectivity index (χ2n) is 8.75. The van der Waals surface area contributed by atoms with Gasteiger partial charge in [0.2, 0.25) is 11.8 Å². The van der Waals surface area contributed by atoms with E-state index in [9.17, 15) is 18.8 Å². The average molecular weight is 501 g/mol. The van der Waals surface area contributed by atoms with E-state index < -0.39 is 17.6 Å². The molecule has 1 aliphatic rings. The van der Waals surface area contributed by atoms with Crippen molar-refractivity contribution in [2.24, 2.45) is 17.4 Å². The maximum absolute atomic E-state index is 14.1. The molecule has 0 bridgehead atoms. The van der Waals surface area contributed by atoms with Crippen molar-refractivity contribution < 1.29 is 18.8 Å². The Balaban J connectivity index is 1.47. The average Bonchev–Trinajstić information content (AvgIpc) is 3.17. The number of hydrogen-bond acceptors (Lipinski definition) is 5. The number of benzene rings is 2. The van der Waals surface area contributed by atoms with Gasteiger partial charge in [0.05, 0.1) is 17.1 Å². The largest absolute Gasteiger partial charge is 0.364 e. The SMILES string of the molecule is NC(=O)c1nn(CC(=O)N(CC(=O)NCc2cccc(Cl)c2F)CC2CC(N)C2)c2ccccc12. The van der Waals surface area contributed by atoms with Gasteiger partial charge >= 0.3 is 0 Å². The third-order valence-corrected chi connectivity index (χ3v) is 6.41. The lowest BCUT2D eigenvalue weighted by molar-refractivity contribution is -0.137. The molecule has 1 fully saturated rings. The minimum atomic E-state index is -0.694. The molecule has 0 radical (unpaired) electrons. The predicted octanol–water partition coefficient (Wildman–Crippen LogP) is 1.81. The molecule has 1 heterocycles. The first-order valence-corrected chi connectivity index (χ1v) is 11.6. The summed E-state index contributed by atoms with van der Waals surface area (Å²) in [6, 6.07) is 11.6. The van der Waals surface area contributed by atoms with Crippen molar-refractivity contribution in [3.05, 3.63) is 64.6 Å². The Morgan fingerprint density at radius 2 is 1.91 bits per heavy atom. The van der Waals surface area contributed by atoms with Crippen LogP contribution in [0.2, 0.25) is 5.02 Å². The molecule has 35 heavy (non-hydrogen) atoms. The van der Waals surface area contributed by atoms with Crippen molar-refractivity contribution in [2.75, 3.05) is 13.1 Å². The number of carbonyl (C=O) groups excluding carboxylic acids is 3. The van der Waals surface area contributed by atoms with Gasteiger partial charge in [0.25, 0.3) is 5.91 Å². The number of hydrogen-bond donors (Lipinski definition) is 3. The van der Waals surface area contributed by atoms with Gasteiger partial charge in [0, 0.05) is 30.1 Å². The molecule has 184 valence electrons. The summed E-state index contributed by atoms with van der Waals surface area (Å²) in [6.45, 7) is -0.0991. The van der Waals surface area contributed by atoms with Gasteiger partial charge in [-0.25, -0.2) is 4.39 Å². The predicted molar refractivity (Wildman–Crippen MR) is 129 cm³/mol. The molecule has 0 unspecified atom stereocenters. The fourth-order valence-corrected chi connectivity index (χ4v) is 4.46. The Morgan fingerprint density at radius 3 is 2.63 bits per heavy atom. The van der Waals surface area contributed by atoms with Crippen LogP contribution in [0.5, 0.6) is 0 Å². The van der Waals surface area contributed by atoms with E-state index in [1.54, 1.807) is 30.3 Å². The Bertz CT molecular complexity index is 1270. The number of nitrogens with zero attached hydrogens (tertiary/aromatic N) is 3. The minimum absolute atomic E-state index is 0.0309. The number of primary amides is 1. The maximum Gasteiger partial charge on any atom is 0.269 e. The molecule has 11 heteroatoms. The van der Waals surface area contributed by atoms with Crippen LogP contribution in [-0.4, -0.2) is 51.5 Å². The summed E-state index contributed by atoms with van der Waals surface area (Å²) >= 11 is 5.80. The number of fused-ring (bicyclic) bond motifs is 1. The van der Waals surface area contributed by atoms with Crippen molar-refractivity contribution in [1.29, 1.82) is 0 Å². The van der Waals surface area contributed by atoms with Crippen LogP contribution in [0.3, 0.4) is 0 Å². The van der Waals surface area contributed by atoms with Crippen LogP contribution in [0.25, 0.3) is 10.9 Å². The Labute approximate surface area is 206 Å². The van der Waals surface area contributed by atoms with Gasteiger partial charge in [-0.05, 0) is 30.9 Å². The second-order valence-corrected chi connectivity index (χ2v) is 9.16. The third-order valence-electron chi connectivity index (χ3n) is 6.12. The van der Waals surface area contributed by atoms with E-state index >= 15 is 0 Å². The van der Waals surface area contributed by atoms with Crippen LogP contribution in [0.1, 0.15) is 28.9 Å². The van der Waals surface area contributed by atoms with Gasteiger partial charge in [-0.2, -0.15) is 5.10 Å². The van der Waals surface area contributed by atoms with Gasteiger partial charge < -0.3 is 21.7 Å². The van der Waals surface area contributed by atoms with Crippen molar-refractivity contribution >= 4 is 40.2 Å². The Kier molecular flexibility index (Phi) is 7.32. The number of halogens is 2. The van der Waals surface area contributed by atoms with E-state index in [1.165, 1.54) is 21.7 Å². The zero-order valence-electron chi connectivity index (χ0n) is 18.9. The first-order chi connectivity index (χ1) is 16.7. The molecule has 0 spiro atoms. The van der Waals surface area contributed by atoms with E-state index in [4.69, 9.17) is 23.1 Å². The monoisotopic (exact) mass is 500 g/mol. The fourth-order valence-electron chi connectivity index (χ4n) is 4.27. The van der Waals surface area contributed by atoms with Gasteiger partial charge in [-0.15, -0.1) is 0 Å². The highest BCUT2D eigenvalue weighted by atomic mass is 35.5. The summed E-state index contributed by atoms with van der Waals surface area (Å²) < 4.78 is 15.5. The molecule has 5 N–H and O–H groups in total. The van der Waals surface area contributed by atoms with Crippen LogP contribution in [-0.2, 0) is 22.7 Å². The van der Waals surface area contributed by atoms with Crippen molar-refractivity contribution in [3.63, 3.8) is 0 Å². The molecule has 1 aliphatic carbocycles. The lowest BCUT2D eigenvalue weighted by atomic mass is 9.80. The molecular formula is C24H26ClFN6O3. The fraction of sp³-hybridized carbons (Fsp3) is 0.333. The summed E-state index contributed by atoms with van der Waals surface area (Å²) in [5, 5.41) is 7.39. The smallest absolute Gasteiger partial charge is 0.269 e. The zero-order chi connectivity index (χ0) is 25.1. The molecule has 4 rings (SSSR count). The number of nitrogens with one attached hydrogen (secondary N) is 1. The summed E-state index contributed by atoms with van der Waals surface area (Å²) in [4.78, 5) is 39.2. The summed E-state index contributed by atoms with van der Waals surface area (Å²) in [6.07, 6.45) is 1.52. The van der Waals surface area contributed by atoms with Crippen molar-refractivity contribution in [2.45, 2.75) is 32.0 Å². The van der Waals surface area contributed by atoms with Crippen LogP contribution >= 0.6 is 11.6 Å². The molecule has 0 aliphatic heterocycles. The van der Waals surface area contributed by atoms with Gasteiger partial charge in [0.1, 0.15) is 12.4 Å². The molecule has 1 saturated carbocycles. The van der Waals surface area contributed by atoms with E-state index in [1.807, 2.05) is 0 Å². The first-order valence-electron chi connectivity index (χ1n) is 11.2. The summed E-state index contributed by atoms with van der Waals surface area (Å²) in [5.41, 5.74) is 12.2. The lowest BCUT2D eigenvalue weighted by Crippen LogP contribution is -2.48. The Hall–Kier alpha value is -3.50. The first kappa shape index (κ1) is 24.6. The van der Waals surface area contributed by atoms with Crippen LogP contribution in [0.15, 0.2) is 42.5 Å². The summed E-state index contributed by atoms with van der Waals surface area (Å²) in [5.74, 6) is -1.90. The highest BCUT2D eigenvalue weighted by molar-refractivity contribution is 6.30. The number of aromatic nitrogens is 2. The molecule has 3 amide bonds. The highest BCUT2D eigenvalue weighted by Crippen LogP contribution is 2.27. The third kappa shape index (κ3) is 5.60. The summed E-state index contributed by atoms with van der Waals surface area (Å²) in [7, 11) is 0. The van der Waals surface area contributed by atoms with Crippen molar-refractivity contribution in [3.8, 4) is 0 Å². The molecule has 0 atom stereocenters. The van der Waals surface area contributed by atoms with E-state index in [0.717, 1.165) is 12.8 Å². The second kappa shape index (κ2) is 10.4. The zero-order valence-corrected chi connectivity index (χ0v) is 19.7. The number of carbonyl (C=O) groups is 3. The molecular weight excluding hydrogens is 475 g/mol. The molecule has 1 aromatic heterocycles. The molecule has 2 aromatic carbocycles. The Morgan fingerprint density at radius 1 is 1.17 bits per heavy atom. The van der Waals surface area contributed by atoms with Crippen LogP contribution < -0.4 is 16.8 Å². The minimum Gasteiger partial charge on any atom is -0.364 e. The van der Waals surface area contributed by atoms with E-state index in [2.05, 4.69) is 10.4 Å². The van der Waals surface area contributed by atoms with Gasteiger partial charge in [0.15, 0.2) is 5.69 Å². The van der Waals surface area contributed by atoms with Crippen LogP contribution in [0.4, 0.5) is 4.39 Å². The normalized spacial score (nSPS) is 17.1. The van der Waals surface area contributed by atoms with Crippen molar-refractivity contribution in [1.82, 2.24) is 20.0 Å². The van der Waals surface area contributed by atoms with Crippen LogP contribution in [0, 0.1) is 11.7 Å². The van der Waals surface area contributed by atoms with E-state index in [-0.39, 0.29) is 53.8 Å². The number of para-hydroxylation sites is 1. The maximum atomic E-state index is 14.1.